The van der Waals surface area contributed by atoms with E-state index >= 15 is 0 Å². The highest BCUT2D eigenvalue weighted by atomic mass is 16.5. The molecule has 1 aromatic rings. The molecule has 0 aromatic heterocycles. The summed E-state index contributed by atoms with van der Waals surface area (Å²) < 4.78 is 11.2. The Morgan fingerprint density at radius 2 is 1.93 bits per heavy atom. The van der Waals surface area contributed by atoms with Gasteiger partial charge < -0.3 is 19.7 Å². The van der Waals surface area contributed by atoms with Gasteiger partial charge in [-0.2, -0.15) is 0 Å². The van der Waals surface area contributed by atoms with Gasteiger partial charge in [-0.15, -0.1) is 0 Å². The first-order chi connectivity index (χ1) is 13.1. The maximum absolute atomic E-state index is 12.2. The molecule has 2 aliphatic rings. The summed E-state index contributed by atoms with van der Waals surface area (Å²) in [5.74, 6) is 2.87. The van der Waals surface area contributed by atoms with Crippen molar-refractivity contribution in [1.29, 1.82) is 0 Å². The van der Waals surface area contributed by atoms with Crippen LogP contribution in [-0.2, 0) is 11.3 Å². The van der Waals surface area contributed by atoms with Gasteiger partial charge >= 0.3 is 0 Å². The minimum absolute atomic E-state index is 0.0562. The minimum Gasteiger partial charge on any atom is -0.493 e. The maximum Gasteiger partial charge on any atom is 0.260 e. The van der Waals surface area contributed by atoms with Crippen molar-refractivity contribution in [3.05, 3.63) is 23.8 Å². The van der Waals surface area contributed by atoms with Gasteiger partial charge in [0.15, 0.2) is 18.1 Å². The van der Waals surface area contributed by atoms with Gasteiger partial charge in [-0.05, 0) is 48.8 Å². The number of likely N-dealkylation sites (tertiary alicyclic amines) is 1. The van der Waals surface area contributed by atoms with Crippen molar-refractivity contribution >= 4 is 5.91 Å². The second-order valence-electron chi connectivity index (χ2n) is 8.12. The summed E-state index contributed by atoms with van der Waals surface area (Å²) in [6, 6.07) is 6.57. The predicted molar refractivity (Wildman–Crippen MR) is 107 cm³/mol. The number of nitrogens with zero attached hydrogens (tertiary/aromatic N) is 1. The van der Waals surface area contributed by atoms with Crippen LogP contribution in [-0.4, -0.2) is 43.7 Å². The lowest BCUT2D eigenvalue weighted by molar-refractivity contribution is -0.132. The van der Waals surface area contributed by atoms with E-state index in [1.165, 1.54) is 24.8 Å². The van der Waals surface area contributed by atoms with Crippen LogP contribution >= 0.6 is 0 Å². The molecule has 0 unspecified atom stereocenters. The van der Waals surface area contributed by atoms with Crippen molar-refractivity contribution in [1.82, 2.24) is 10.2 Å². The molecule has 1 N–H and O–H groups in total. The lowest BCUT2D eigenvalue weighted by Crippen LogP contribution is -2.40. The number of nitrogens with one attached hydrogen (secondary N) is 1. The topological polar surface area (TPSA) is 50.8 Å². The molecule has 27 heavy (non-hydrogen) atoms. The number of benzene rings is 1. The molecule has 1 amide bonds. The Kier molecular flexibility index (Phi) is 7.00. The molecule has 5 heteroatoms. The SMILES string of the molecule is COc1cc(CN[C@@H]2CCC[C@@H](C)[C@H]2C)ccc1OCC(=O)N1CCCC1. The standard InChI is InChI=1S/C22H34N2O3/c1-16-7-6-8-19(17(16)2)23-14-18-9-10-20(21(13-18)26-3)27-15-22(25)24-11-4-5-12-24/h9-10,13,16-17,19,23H,4-8,11-12,14-15H2,1-3H3/t16-,17-,19-/m1/s1. The van der Waals surface area contributed by atoms with E-state index < -0.39 is 0 Å². The highest BCUT2D eigenvalue weighted by Gasteiger charge is 2.26. The molecule has 1 aliphatic heterocycles. The van der Waals surface area contributed by atoms with Crippen molar-refractivity contribution < 1.29 is 14.3 Å². The van der Waals surface area contributed by atoms with Gasteiger partial charge in [-0.3, -0.25) is 4.79 Å². The summed E-state index contributed by atoms with van der Waals surface area (Å²) >= 11 is 0. The van der Waals surface area contributed by atoms with E-state index in [9.17, 15) is 4.79 Å². The van der Waals surface area contributed by atoms with Gasteiger partial charge in [0.25, 0.3) is 5.91 Å². The Hall–Kier alpha value is -1.75. The molecule has 3 rings (SSSR count). The lowest BCUT2D eigenvalue weighted by atomic mass is 9.78. The van der Waals surface area contributed by atoms with Crippen LogP contribution < -0.4 is 14.8 Å². The third-order valence-corrected chi connectivity index (χ3v) is 6.31. The molecule has 150 valence electrons. The van der Waals surface area contributed by atoms with E-state index in [0.717, 1.165) is 38.4 Å². The number of hydrogen-bond acceptors (Lipinski definition) is 4. The van der Waals surface area contributed by atoms with Crippen LogP contribution in [0, 0.1) is 11.8 Å². The predicted octanol–water partition coefficient (Wildman–Crippen LogP) is 3.61. The van der Waals surface area contributed by atoms with E-state index in [1.807, 2.05) is 17.0 Å². The summed E-state index contributed by atoms with van der Waals surface area (Å²) in [5.41, 5.74) is 1.18. The quantitative estimate of drug-likeness (QED) is 0.792. The first kappa shape index (κ1) is 20.0. The fourth-order valence-electron chi connectivity index (χ4n) is 4.26. The summed E-state index contributed by atoms with van der Waals surface area (Å²) in [7, 11) is 1.65. The third kappa shape index (κ3) is 5.16. The molecule has 2 fully saturated rings. The molecule has 0 bridgehead atoms. The normalized spacial score (nSPS) is 25.4. The van der Waals surface area contributed by atoms with Gasteiger partial charge in [-0.1, -0.05) is 32.8 Å². The molecular weight excluding hydrogens is 340 g/mol. The Balaban J connectivity index is 1.54. The van der Waals surface area contributed by atoms with Crippen molar-refractivity contribution in [3.63, 3.8) is 0 Å². The summed E-state index contributed by atoms with van der Waals surface area (Å²) in [6.45, 7) is 7.31. The number of carbonyl (C=O) groups is 1. The molecule has 0 spiro atoms. The molecule has 1 aliphatic carbocycles. The van der Waals surface area contributed by atoms with Crippen molar-refractivity contribution in [2.45, 2.75) is 58.5 Å². The first-order valence-electron chi connectivity index (χ1n) is 10.4. The monoisotopic (exact) mass is 374 g/mol. The summed E-state index contributed by atoms with van der Waals surface area (Å²) in [6.07, 6.45) is 6.09. The second kappa shape index (κ2) is 9.45. The Bertz CT molecular complexity index is 628. The zero-order chi connectivity index (χ0) is 19.2. The molecule has 1 saturated carbocycles. The number of amides is 1. The van der Waals surface area contributed by atoms with E-state index in [-0.39, 0.29) is 12.5 Å². The second-order valence-corrected chi connectivity index (χ2v) is 8.12. The smallest absolute Gasteiger partial charge is 0.260 e. The minimum atomic E-state index is 0.0562. The molecule has 1 saturated heterocycles. The van der Waals surface area contributed by atoms with Crippen molar-refractivity contribution in [2.24, 2.45) is 11.8 Å². The van der Waals surface area contributed by atoms with Crippen LogP contribution in [0.15, 0.2) is 18.2 Å². The number of methoxy groups -OCH3 is 1. The lowest BCUT2D eigenvalue weighted by Gasteiger charge is -2.34. The fraction of sp³-hybridized carbons (Fsp3) is 0.682. The van der Waals surface area contributed by atoms with Crippen LogP contribution in [0.4, 0.5) is 0 Å². The molecule has 1 heterocycles. The molecule has 3 atom stereocenters. The van der Waals surface area contributed by atoms with Gasteiger partial charge in [-0.25, -0.2) is 0 Å². The van der Waals surface area contributed by atoms with Gasteiger partial charge in [0.05, 0.1) is 7.11 Å². The number of rotatable bonds is 7. The fourth-order valence-corrected chi connectivity index (χ4v) is 4.26. The molecule has 5 nitrogen and oxygen atoms in total. The summed E-state index contributed by atoms with van der Waals surface area (Å²) in [4.78, 5) is 14.0. The Labute approximate surface area is 163 Å². The van der Waals surface area contributed by atoms with Crippen LogP contribution in [0.1, 0.15) is 51.5 Å². The van der Waals surface area contributed by atoms with E-state index in [1.54, 1.807) is 7.11 Å². The summed E-state index contributed by atoms with van der Waals surface area (Å²) in [5, 5.41) is 3.72. The number of hydrogen-bond donors (Lipinski definition) is 1. The zero-order valence-corrected chi connectivity index (χ0v) is 17.0. The average Bonchev–Trinajstić information content (AvgIpc) is 3.22. The van der Waals surface area contributed by atoms with E-state index in [4.69, 9.17) is 9.47 Å². The van der Waals surface area contributed by atoms with Crippen molar-refractivity contribution in [2.75, 3.05) is 26.8 Å². The maximum atomic E-state index is 12.2. The molecule has 1 aromatic carbocycles. The first-order valence-corrected chi connectivity index (χ1v) is 10.4. The highest BCUT2D eigenvalue weighted by Crippen LogP contribution is 2.31. The van der Waals surface area contributed by atoms with E-state index in [2.05, 4.69) is 25.2 Å². The van der Waals surface area contributed by atoms with Gasteiger partial charge in [0, 0.05) is 25.7 Å². The average molecular weight is 375 g/mol. The molecule has 0 radical (unpaired) electrons. The van der Waals surface area contributed by atoms with Gasteiger partial charge in [0.1, 0.15) is 0 Å². The van der Waals surface area contributed by atoms with Crippen LogP contribution in [0.3, 0.4) is 0 Å². The van der Waals surface area contributed by atoms with Crippen molar-refractivity contribution in [3.8, 4) is 11.5 Å². The zero-order valence-electron chi connectivity index (χ0n) is 17.0. The van der Waals surface area contributed by atoms with Crippen LogP contribution in [0.2, 0.25) is 0 Å². The Morgan fingerprint density at radius 1 is 1.15 bits per heavy atom. The Morgan fingerprint density at radius 3 is 2.67 bits per heavy atom. The van der Waals surface area contributed by atoms with E-state index in [0.29, 0.717) is 23.5 Å². The van der Waals surface area contributed by atoms with Crippen LogP contribution in [0.5, 0.6) is 11.5 Å². The highest BCUT2D eigenvalue weighted by molar-refractivity contribution is 5.78. The third-order valence-electron chi connectivity index (χ3n) is 6.31. The number of carbonyl (C=O) groups excluding carboxylic acids is 1. The van der Waals surface area contributed by atoms with Gasteiger partial charge in [0.2, 0.25) is 0 Å². The largest absolute Gasteiger partial charge is 0.493 e. The van der Waals surface area contributed by atoms with Crippen LogP contribution in [0.25, 0.3) is 0 Å². The number of ether oxygens (including phenoxy) is 2. The molecular formula is C22H34N2O3.